The Balaban J connectivity index is 1.84. The van der Waals surface area contributed by atoms with Crippen LogP contribution in [0.2, 0.25) is 0 Å². The Morgan fingerprint density at radius 3 is 2.59 bits per heavy atom. The first-order valence-corrected chi connectivity index (χ1v) is 8.79. The van der Waals surface area contributed by atoms with Gasteiger partial charge in [-0.3, -0.25) is 0 Å². The Bertz CT molecular complexity index is 430. The van der Waals surface area contributed by atoms with Crippen molar-refractivity contribution in [1.29, 1.82) is 0 Å². The zero-order valence-electron chi connectivity index (χ0n) is 14.3. The summed E-state index contributed by atoms with van der Waals surface area (Å²) in [6, 6.07) is 8.58. The molecule has 3 nitrogen and oxygen atoms in total. The van der Waals surface area contributed by atoms with Crippen LogP contribution in [0.25, 0.3) is 0 Å². The molecule has 1 aromatic rings. The first-order chi connectivity index (χ1) is 10.6. The molecule has 0 aliphatic carbocycles. The molecule has 1 fully saturated rings. The molecule has 1 N–H and O–H groups in total. The van der Waals surface area contributed by atoms with Crippen LogP contribution in [0, 0.1) is 0 Å². The van der Waals surface area contributed by atoms with Crippen molar-refractivity contribution >= 4 is 0 Å². The van der Waals surface area contributed by atoms with Gasteiger partial charge >= 0.3 is 0 Å². The normalized spacial score (nSPS) is 21.0. The van der Waals surface area contributed by atoms with Crippen molar-refractivity contribution in [2.24, 2.45) is 0 Å². The van der Waals surface area contributed by atoms with E-state index in [4.69, 9.17) is 4.74 Å². The van der Waals surface area contributed by atoms with Gasteiger partial charge in [0, 0.05) is 12.6 Å². The van der Waals surface area contributed by atoms with E-state index in [0.29, 0.717) is 6.04 Å². The summed E-state index contributed by atoms with van der Waals surface area (Å²) in [5.41, 5.74) is 0.987. The molecule has 0 amide bonds. The molecule has 1 aliphatic rings. The summed E-state index contributed by atoms with van der Waals surface area (Å²) in [5.74, 6) is 0.869. The summed E-state index contributed by atoms with van der Waals surface area (Å²) in [4.78, 5) is 2.56. The van der Waals surface area contributed by atoms with Gasteiger partial charge in [0.15, 0.2) is 0 Å². The molecule has 0 saturated carbocycles. The standard InChI is InChI=1S/C19H31NO2/c1-4-17-7-5-6-13-20(17)14-12-19(21)16-8-10-18(11-9-16)22-15(2)3/h8-11,15,17,19,21H,4-7,12-14H2,1-3H3. The monoisotopic (exact) mass is 305 g/mol. The Labute approximate surface area is 135 Å². The summed E-state index contributed by atoms with van der Waals surface area (Å²) in [7, 11) is 0. The van der Waals surface area contributed by atoms with Gasteiger partial charge in [-0.1, -0.05) is 25.5 Å². The second kappa shape index (κ2) is 8.54. The van der Waals surface area contributed by atoms with Gasteiger partial charge in [0.25, 0.3) is 0 Å². The Morgan fingerprint density at radius 2 is 1.95 bits per heavy atom. The Morgan fingerprint density at radius 1 is 1.23 bits per heavy atom. The number of rotatable bonds is 7. The van der Waals surface area contributed by atoms with E-state index in [9.17, 15) is 5.11 Å². The Hall–Kier alpha value is -1.06. The molecule has 3 heteroatoms. The van der Waals surface area contributed by atoms with Crippen LogP contribution in [0.15, 0.2) is 24.3 Å². The molecule has 0 aromatic heterocycles. The number of aliphatic hydroxyl groups excluding tert-OH is 1. The molecule has 0 bridgehead atoms. The van der Waals surface area contributed by atoms with Gasteiger partial charge in [-0.05, 0) is 63.8 Å². The van der Waals surface area contributed by atoms with Gasteiger partial charge in [0.05, 0.1) is 12.2 Å². The average molecular weight is 305 g/mol. The highest BCUT2D eigenvalue weighted by atomic mass is 16.5. The highest BCUT2D eigenvalue weighted by Crippen LogP contribution is 2.24. The molecule has 124 valence electrons. The van der Waals surface area contributed by atoms with Crippen LogP contribution in [-0.2, 0) is 0 Å². The van der Waals surface area contributed by atoms with E-state index in [1.165, 1.54) is 32.2 Å². The number of hydrogen-bond donors (Lipinski definition) is 1. The largest absolute Gasteiger partial charge is 0.491 e. The number of aliphatic hydroxyl groups is 1. The Kier molecular flexibility index (Phi) is 6.71. The van der Waals surface area contributed by atoms with Crippen LogP contribution in [-0.4, -0.2) is 35.2 Å². The van der Waals surface area contributed by atoms with Gasteiger partial charge in [-0.2, -0.15) is 0 Å². The minimum atomic E-state index is -0.382. The van der Waals surface area contributed by atoms with Crippen molar-refractivity contribution < 1.29 is 9.84 Å². The van der Waals surface area contributed by atoms with E-state index in [-0.39, 0.29) is 12.2 Å². The van der Waals surface area contributed by atoms with Crippen LogP contribution in [0.5, 0.6) is 5.75 Å². The predicted molar refractivity (Wildman–Crippen MR) is 91.3 cm³/mol. The fraction of sp³-hybridized carbons (Fsp3) is 0.684. The minimum Gasteiger partial charge on any atom is -0.491 e. The SMILES string of the molecule is CCC1CCCCN1CCC(O)c1ccc(OC(C)C)cc1. The lowest BCUT2D eigenvalue weighted by molar-refractivity contribution is 0.101. The number of benzene rings is 1. The molecular formula is C19H31NO2. The lowest BCUT2D eigenvalue weighted by atomic mass is 9.98. The van der Waals surface area contributed by atoms with Gasteiger partial charge in [0.2, 0.25) is 0 Å². The molecule has 1 saturated heterocycles. The van der Waals surface area contributed by atoms with Crippen molar-refractivity contribution in [3.63, 3.8) is 0 Å². The molecule has 1 aromatic carbocycles. The van der Waals surface area contributed by atoms with Gasteiger partial charge in [0.1, 0.15) is 5.75 Å². The van der Waals surface area contributed by atoms with Gasteiger partial charge in [-0.15, -0.1) is 0 Å². The van der Waals surface area contributed by atoms with Crippen molar-refractivity contribution in [2.75, 3.05) is 13.1 Å². The molecule has 2 atom stereocenters. The smallest absolute Gasteiger partial charge is 0.119 e. The van der Waals surface area contributed by atoms with E-state index >= 15 is 0 Å². The summed E-state index contributed by atoms with van der Waals surface area (Å²) in [6.07, 6.45) is 5.79. The summed E-state index contributed by atoms with van der Waals surface area (Å²) in [6.45, 7) is 8.49. The number of ether oxygens (including phenoxy) is 1. The quantitative estimate of drug-likeness (QED) is 0.821. The third kappa shape index (κ3) is 4.99. The zero-order valence-corrected chi connectivity index (χ0v) is 14.3. The molecule has 1 heterocycles. The van der Waals surface area contributed by atoms with E-state index in [2.05, 4.69) is 11.8 Å². The first-order valence-electron chi connectivity index (χ1n) is 8.79. The number of likely N-dealkylation sites (tertiary alicyclic amines) is 1. The number of hydrogen-bond acceptors (Lipinski definition) is 3. The van der Waals surface area contributed by atoms with Crippen LogP contribution in [0.4, 0.5) is 0 Å². The highest BCUT2D eigenvalue weighted by molar-refractivity contribution is 5.28. The van der Waals surface area contributed by atoms with Crippen molar-refractivity contribution in [3.05, 3.63) is 29.8 Å². The van der Waals surface area contributed by atoms with Crippen LogP contribution in [0.1, 0.15) is 64.5 Å². The fourth-order valence-corrected chi connectivity index (χ4v) is 3.31. The molecular weight excluding hydrogens is 274 g/mol. The average Bonchev–Trinajstić information content (AvgIpc) is 2.53. The summed E-state index contributed by atoms with van der Waals surface area (Å²) >= 11 is 0. The first kappa shape index (κ1) is 17.3. The maximum atomic E-state index is 10.4. The molecule has 2 unspecified atom stereocenters. The van der Waals surface area contributed by atoms with Crippen LogP contribution < -0.4 is 4.74 Å². The maximum absolute atomic E-state index is 10.4. The third-order valence-electron chi connectivity index (χ3n) is 4.55. The molecule has 22 heavy (non-hydrogen) atoms. The second-order valence-corrected chi connectivity index (χ2v) is 6.63. The highest BCUT2D eigenvalue weighted by Gasteiger charge is 2.21. The molecule has 0 radical (unpaired) electrons. The summed E-state index contributed by atoms with van der Waals surface area (Å²) in [5, 5.41) is 10.4. The zero-order chi connectivity index (χ0) is 15.9. The third-order valence-corrected chi connectivity index (χ3v) is 4.55. The lowest BCUT2D eigenvalue weighted by Gasteiger charge is -2.35. The topological polar surface area (TPSA) is 32.7 Å². The number of nitrogens with zero attached hydrogens (tertiary/aromatic N) is 1. The van der Waals surface area contributed by atoms with Crippen molar-refractivity contribution in [2.45, 2.75) is 71.1 Å². The van der Waals surface area contributed by atoms with E-state index < -0.39 is 0 Å². The molecule has 2 rings (SSSR count). The summed E-state index contributed by atoms with van der Waals surface area (Å²) < 4.78 is 5.64. The van der Waals surface area contributed by atoms with Crippen LogP contribution >= 0.6 is 0 Å². The fourth-order valence-electron chi connectivity index (χ4n) is 3.31. The number of piperidine rings is 1. The molecule has 1 aliphatic heterocycles. The van der Waals surface area contributed by atoms with E-state index in [1.54, 1.807) is 0 Å². The minimum absolute atomic E-state index is 0.181. The lowest BCUT2D eigenvalue weighted by Crippen LogP contribution is -2.40. The van der Waals surface area contributed by atoms with Gasteiger partial charge < -0.3 is 14.7 Å². The van der Waals surface area contributed by atoms with Gasteiger partial charge in [-0.25, -0.2) is 0 Å². The predicted octanol–water partition coefficient (Wildman–Crippen LogP) is 4.16. The van der Waals surface area contributed by atoms with Crippen LogP contribution in [0.3, 0.4) is 0 Å². The maximum Gasteiger partial charge on any atom is 0.119 e. The van der Waals surface area contributed by atoms with E-state index in [0.717, 1.165) is 24.3 Å². The molecule has 0 spiro atoms. The van der Waals surface area contributed by atoms with E-state index in [1.807, 2.05) is 38.1 Å². The van der Waals surface area contributed by atoms with Crippen molar-refractivity contribution in [3.8, 4) is 5.75 Å². The van der Waals surface area contributed by atoms with Crippen molar-refractivity contribution in [1.82, 2.24) is 4.90 Å². The second-order valence-electron chi connectivity index (χ2n) is 6.63.